The molecule has 1 amide bonds. The van der Waals surface area contributed by atoms with E-state index < -0.39 is 5.91 Å². The van der Waals surface area contributed by atoms with Gasteiger partial charge in [0, 0.05) is 26.0 Å². The summed E-state index contributed by atoms with van der Waals surface area (Å²) in [5.74, 6) is -0.118. The number of benzene rings is 3. The molecule has 10 heteroatoms. The van der Waals surface area contributed by atoms with E-state index in [1.54, 1.807) is 54.6 Å². The van der Waals surface area contributed by atoms with Gasteiger partial charge < -0.3 is 9.15 Å². The van der Waals surface area contributed by atoms with E-state index in [2.05, 4.69) is 10.5 Å². The Balaban J connectivity index is 1.42. The summed E-state index contributed by atoms with van der Waals surface area (Å²) >= 11 is 30.7. The highest BCUT2D eigenvalue weighted by molar-refractivity contribution is 6.37. The fourth-order valence-corrected chi connectivity index (χ4v) is 4.18. The number of fused-ring (bicyclic) bond motifs is 1. The fourth-order valence-electron chi connectivity index (χ4n) is 2.93. The number of carbonyl (C=O) groups excluding carboxylic acids is 1. The van der Waals surface area contributed by atoms with Gasteiger partial charge in [-0.05, 0) is 54.1 Å². The molecule has 0 radical (unpaired) electrons. The molecule has 0 aliphatic rings. The van der Waals surface area contributed by atoms with Gasteiger partial charge in [0.05, 0.1) is 16.3 Å². The van der Waals surface area contributed by atoms with E-state index in [9.17, 15) is 4.79 Å². The van der Waals surface area contributed by atoms with E-state index in [0.717, 1.165) is 5.56 Å². The molecular weight excluding hydrogens is 530 g/mol. The number of hydrogen-bond acceptors (Lipinski definition) is 4. The Hall–Kier alpha value is -2.41. The highest BCUT2D eigenvalue weighted by atomic mass is 35.5. The molecule has 3 aromatic carbocycles. The summed E-state index contributed by atoms with van der Waals surface area (Å²) in [5, 5.41) is 6.74. The molecule has 33 heavy (non-hydrogen) atoms. The van der Waals surface area contributed by atoms with Crippen molar-refractivity contribution in [2.24, 2.45) is 5.10 Å². The van der Waals surface area contributed by atoms with Crippen LogP contribution in [0.2, 0.25) is 25.1 Å². The van der Waals surface area contributed by atoms with Crippen molar-refractivity contribution >= 4 is 81.1 Å². The average molecular weight is 543 g/mol. The second-order valence-corrected chi connectivity index (χ2v) is 8.92. The fraction of sp³-hybridized carbons (Fsp3) is 0.0435. The molecule has 0 bridgehead atoms. The van der Waals surface area contributed by atoms with Crippen LogP contribution >= 0.6 is 58.0 Å². The highest BCUT2D eigenvalue weighted by Crippen LogP contribution is 2.35. The van der Waals surface area contributed by atoms with Gasteiger partial charge in [-0.15, -0.1) is 0 Å². The van der Waals surface area contributed by atoms with Gasteiger partial charge in [-0.2, -0.15) is 5.10 Å². The summed E-state index contributed by atoms with van der Waals surface area (Å²) in [6.07, 6.45) is 1.40. The number of nitrogens with one attached hydrogen (secondary N) is 1. The van der Waals surface area contributed by atoms with E-state index >= 15 is 0 Å². The monoisotopic (exact) mass is 540 g/mol. The Morgan fingerprint density at radius 1 is 0.909 bits per heavy atom. The lowest BCUT2D eigenvalue weighted by Gasteiger charge is -2.12. The molecule has 0 unspecified atom stereocenters. The Labute approximate surface area is 213 Å². The van der Waals surface area contributed by atoms with Gasteiger partial charge in [0.1, 0.15) is 12.2 Å². The third-order valence-corrected chi connectivity index (χ3v) is 5.87. The maximum atomic E-state index is 12.3. The molecule has 0 spiro atoms. The molecule has 4 rings (SSSR count). The molecule has 1 heterocycles. The molecule has 1 aromatic heterocycles. The summed E-state index contributed by atoms with van der Waals surface area (Å²) in [6, 6.07) is 14.9. The van der Waals surface area contributed by atoms with Gasteiger partial charge in [0.2, 0.25) is 0 Å². The van der Waals surface area contributed by atoms with Crippen LogP contribution in [0, 0.1) is 0 Å². The maximum absolute atomic E-state index is 12.3. The molecule has 0 aliphatic heterocycles. The molecule has 0 aliphatic carbocycles. The van der Waals surface area contributed by atoms with Crippen LogP contribution in [-0.2, 0) is 6.61 Å². The standard InChI is InChI=1S/C23H13Cl5N2O3/c24-15-3-4-20-14(7-15)8-21(33-20)23(31)30-29-10-12-5-18(27)22(19(28)6-12)32-11-13-1-2-16(25)9-17(13)26/h1-10H,11H2,(H,30,31)/b29-10+. The van der Waals surface area contributed by atoms with Crippen molar-refractivity contribution in [3.8, 4) is 5.75 Å². The second-order valence-electron chi connectivity index (χ2n) is 6.83. The van der Waals surface area contributed by atoms with Crippen molar-refractivity contribution in [2.45, 2.75) is 6.61 Å². The summed E-state index contributed by atoms with van der Waals surface area (Å²) < 4.78 is 11.2. The van der Waals surface area contributed by atoms with Crippen LogP contribution in [0.5, 0.6) is 5.75 Å². The van der Waals surface area contributed by atoms with Crippen LogP contribution in [0.4, 0.5) is 0 Å². The summed E-state index contributed by atoms with van der Waals surface area (Å²) in [4.78, 5) is 12.3. The minimum Gasteiger partial charge on any atom is -0.486 e. The number of furan rings is 1. The molecule has 0 fully saturated rings. The minimum absolute atomic E-state index is 0.102. The van der Waals surface area contributed by atoms with Crippen molar-refractivity contribution in [3.05, 3.63) is 96.6 Å². The number of nitrogens with zero attached hydrogens (tertiary/aromatic N) is 1. The van der Waals surface area contributed by atoms with Crippen LogP contribution in [-0.4, -0.2) is 12.1 Å². The third kappa shape index (κ3) is 5.75. The topological polar surface area (TPSA) is 63.8 Å². The van der Waals surface area contributed by atoms with Crippen LogP contribution in [0.3, 0.4) is 0 Å². The van der Waals surface area contributed by atoms with Crippen molar-refractivity contribution < 1.29 is 13.9 Å². The smallest absolute Gasteiger partial charge is 0.307 e. The number of hydrogen-bond donors (Lipinski definition) is 1. The third-order valence-electron chi connectivity index (χ3n) is 4.49. The van der Waals surface area contributed by atoms with Gasteiger partial charge in [0.15, 0.2) is 11.5 Å². The second kappa shape index (κ2) is 10.2. The van der Waals surface area contributed by atoms with Crippen molar-refractivity contribution in [1.29, 1.82) is 0 Å². The molecule has 1 N–H and O–H groups in total. The Kier molecular flexibility index (Phi) is 7.37. The van der Waals surface area contributed by atoms with Crippen molar-refractivity contribution in [3.63, 3.8) is 0 Å². The molecule has 5 nitrogen and oxygen atoms in total. The minimum atomic E-state index is -0.518. The Bertz CT molecular complexity index is 1360. The SMILES string of the molecule is O=C(N/N=C/c1cc(Cl)c(OCc2ccc(Cl)cc2Cl)c(Cl)c1)c1cc2cc(Cl)ccc2o1. The number of hydrazone groups is 1. The average Bonchev–Trinajstić information content (AvgIpc) is 3.18. The summed E-state index contributed by atoms with van der Waals surface area (Å²) in [6.45, 7) is 0.154. The largest absolute Gasteiger partial charge is 0.486 e. The molecule has 0 saturated carbocycles. The normalized spacial score (nSPS) is 11.3. The predicted octanol–water partition coefficient (Wildman–Crippen LogP) is 8.04. The van der Waals surface area contributed by atoms with E-state index in [1.165, 1.54) is 6.21 Å². The lowest BCUT2D eigenvalue weighted by molar-refractivity contribution is 0.0929. The quantitative estimate of drug-likeness (QED) is 0.198. The predicted molar refractivity (Wildman–Crippen MR) is 134 cm³/mol. The first-order chi connectivity index (χ1) is 15.8. The first kappa shape index (κ1) is 23.7. The zero-order valence-corrected chi connectivity index (χ0v) is 20.3. The van der Waals surface area contributed by atoms with Gasteiger partial charge in [-0.25, -0.2) is 5.43 Å². The van der Waals surface area contributed by atoms with Crippen LogP contribution in [0.1, 0.15) is 21.7 Å². The number of amides is 1. The Morgan fingerprint density at radius 3 is 2.33 bits per heavy atom. The molecule has 4 aromatic rings. The van der Waals surface area contributed by atoms with Crippen molar-refractivity contribution in [1.82, 2.24) is 5.43 Å². The maximum Gasteiger partial charge on any atom is 0.307 e. The molecular formula is C23H13Cl5N2O3. The lowest BCUT2D eigenvalue weighted by atomic mass is 10.2. The zero-order chi connectivity index (χ0) is 23.5. The molecule has 0 saturated heterocycles. The van der Waals surface area contributed by atoms with Crippen molar-refractivity contribution in [2.75, 3.05) is 0 Å². The zero-order valence-electron chi connectivity index (χ0n) is 16.5. The first-order valence-electron chi connectivity index (χ1n) is 9.38. The highest BCUT2D eigenvalue weighted by Gasteiger charge is 2.13. The van der Waals surface area contributed by atoms with Gasteiger partial charge in [-0.3, -0.25) is 4.79 Å². The van der Waals surface area contributed by atoms with Crippen LogP contribution < -0.4 is 10.2 Å². The number of carbonyl (C=O) groups is 1. The molecule has 0 atom stereocenters. The number of rotatable bonds is 6. The van der Waals surface area contributed by atoms with E-state index in [4.69, 9.17) is 67.2 Å². The number of ether oxygens (including phenoxy) is 1. The van der Waals surface area contributed by atoms with Gasteiger partial charge in [-0.1, -0.05) is 64.1 Å². The summed E-state index contributed by atoms with van der Waals surface area (Å²) in [7, 11) is 0. The van der Waals surface area contributed by atoms with Gasteiger partial charge in [0.25, 0.3) is 0 Å². The molecule has 168 valence electrons. The van der Waals surface area contributed by atoms with Crippen LogP contribution in [0.25, 0.3) is 11.0 Å². The number of halogens is 5. The van der Waals surface area contributed by atoms with E-state index in [1.807, 2.05) is 0 Å². The van der Waals surface area contributed by atoms with Crippen LogP contribution in [0.15, 0.2) is 64.1 Å². The first-order valence-corrected chi connectivity index (χ1v) is 11.3. The van der Waals surface area contributed by atoms with Gasteiger partial charge >= 0.3 is 5.91 Å². The van der Waals surface area contributed by atoms with E-state index in [-0.39, 0.29) is 22.4 Å². The lowest BCUT2D eigenvalue weighted by Crippen LogP contribution is -2.16. The Morgan fingerprint density at radius 2 is 1.61 bits per heavy atom. The van der Waals surface area contributed by atoms with E-state index in [0.29, 0.717) is 37.4 Å². The summed E-state index contributed by atoms with van der Waals surface area (Å²) in [5.41, 5.74) is 4.22.